The Balaban J connectivity index is 2.54. The highest BCUT2D eigenvalue weighted by molar-refractivity contribution is 9.10. The predicted octanol–water partition coefficient (Wildman–Crippen LogP) is 1.95. The molecule has 25 heavy (non-hydrogen) atoms. The molecule has 0 aliphatic rings. The molecule has 1 aromatic carbocycles. The zero-order valence-corrected chi connectivity index (χ0v) is 15.5. The molecule has 9 heteroatoms. The maximum Gasteiger partial charge on any atom is 0.331 e. The summed E-state index contributed by atoms with van der Waals surface area (Å²) in [4.78, 5) is 34.4. The van der Waals surface area contributed by atoms with Crippen LogP contribution in [0.4, 0.5) is 4.79 Å². The number of rotatable bonds is 6. The maximum atomic E-state index is 11.6. The SMILES string of the molecule is COc1cc(/C=C/C(=O)OCC(=O)NC(=O)NC(C)C)cc(Br)c1O. The Kier molecular flexibility index (Phi) is 7.93. The Bertz CT molecular complexity index is 687. The Morgan fingerprint density at radius 3 is 2.60 bits per heavy atom. The largest absolute Gasteiger partial charge is 0.503 e. The number of amides is 3. The number of carbonyl (C=O) groups is 3. The minimum atomic E-state index is -0.761. The van der Waals surface area contributed by atoms with Crippen molar-refractivity contribution in [3.63, 3.8) is 0 Å². The van der Waals surface area contributed by atoms with Gasteiger partial charge in [-0.3, -0.25) is 10.1 Å². The minimum Gasteiger partial charge on any atom is -0.503 e. The Labute approximate surface area is 153 Å². The monoisotopic (exact) mass is 414 g/mol. The van der Waals surface area contributed by atoms with Crippen molar-refractivity contribution >= 4 is 39.9 Å². The highest BCUT2D eigenvalue weighted by atomic mass is 79.9. The molecule has 0 saturated carbocycles. The summed E-state index contributed by atoms with van der Waals surface area (Å²) in [6.07, 6.45) is 2.54. The third kappa shape index (κ3) is 7.25. The van der Waals surface area contributed by atoms with Gasteiger partial charge in [-0.05, 0) is 53.5 Å². The number of urea groups is 1. The van der Waals surface area contributed by atoms with Gasteiger partial charge in [-0.25, -0.2) is 9.59 Å². The van der Waals surface area contributed by atoms with Gasteiger partial charge in [0, 0.05) is 12.1 Å². The van der Waals surface area contributed by atoms with Crippen LogP contribution in [-0.2, 0) is 14.3 Å². The van der Waals surface area contributed by atoms with Crippen LogP contribution in [0.25, 0.3) is 6.08 Å². The zero-order valence-electron chi connectivity index (χ0n) is 14.0. The first kappa shape index (κ1) is 20.5. The van der Waals surface area contributed by atoms with E-state index < -0.39 is 24.5 Å². The fourth-order valence-corrected chi connectivity index (χ4v) is 2.12. The van der Waals surface area contributed by atoms with E-state index in [2.05, 4.69) is 21.2 Å². The lowest BCUT2D eigenvalue weighted by Gasteiger charge is -2.09. The van der Waals surface area contributed by atoms with E-state index in [1.54, 1.807) is 19.9 Å². The van der Waals surface area contributed by atoms with Gasteiger partial charge in [0.1, 0.15) is 0 Å². The van der Waals surface area contributed by atoms with Crippen LogP contribution in [0.15, 0.2) is 22.7 Å². The molecule has 3 N–H and O–H groups in total. The number of phenolic OH excluding ortho intramolecular Hbond substituents is 1. The summed E-state index contributed by atoms with van der Waals surface area (Å²) >= 11 is 3.16. The number of halogens is 1. The van der Waals surface area contributed by atoms with Crippen LogP contribution in [0, 0.1) is 0 Å². The smallest absolute Gasteiger partial charge is 0.331 e. The summed E-state index contributed by atoms with van der Waals surface area (Å²) in [6, 6.07) is 2.31. The molecule has 1 rings (SSSR count). The highest BCUT2D eigenvalue weighted by Gasteiger charge is 2.11. The number of phenols is 1. The van der Waals surface area contributed by atoms with Gasteiger partial charge in [0.2, 0.25) is 0 Å². The van der Waals surface area contributed by atoms with Crippen molar-refractivity contribution in [3.8, 4) is 11.5 Å². The lowest BCUT2D eigenvalue weighted by molar-refractivity contribution is -0.143. The normalized spacial score (nSPS) is 10.6. The molecule has 0 spiro atoms. The molecular weight excluding hydrogens is 396 g/mol. The van der Waals surface area contributed by atoms with Gasteiger partial charge in [-0.2, -0.15) is 0 Å². The lowest BCUT2D eigenvalue weighted by atomic mass is 10.2. The Hall–Kier alpha value is -2.55. The Morgan fingerprint density at radius 1 is 1.32 bits per heavy atom. The third-order valence-corrected chi connectivity index (χ3v) is 3.31. The molecule has 0 saturated heterocycles. The molecule has 3 amide bonds. The third-order valence-electron chi connectivity index (χ3n) is 2.70. The van der Waals surface area contributed by atoms with Gasteiger partial charge in [0.25, 0.3) is 5.91 Å². The fourth-order valence-electron chi connectivity index (χ4n) is 1.66. The van der Waals surface area contributed by atoms with Gasteiger partial charge in [0.15, 0.2) is 18.1 Å². The molecule has 0 aromatic heterocycles. The van der Waals surface area contributed by atoms with Crippen LogP contribution in [0.5, 0.6) is 11.5 Å². The molecule has 8 nitrogen and oxygen atoms in total. The maximum absolute atomic E-state index is 11.6. The van der Waals surface area contributed by atoms with E-state index in [-0.39, 0.29) is 17.5 Å². The molecule has 0 fully saturated rings. The van der Waals surface area contributed by atoms with Gasteiger partial charge in [-0.15, -0.1) is 0 Å². The van der Waals surface area contributed by atoms with Gasteiger partial charge in [0.05, 0.1) is 11.6 Å². The zero-order chi connectivity index (χ0) is 19.0. The van der Waals surface area contributed by atoms with E-state index >= 15 is 0 Å². The highest BCUT2D eigenvalue weighted by Crippen LogP contribution is 2.35. The second-order valence-corrected chi connectivity index (χ2v) is 6.03. The lowest BCUT2D eigenvalue weighted by Crippen LogP contribution is -2.43. The summed E-state index contributed by atoms with van der Waals surface area (Å²) < 4.78 is 10.1. The quantitative estimate of drug-likeness (QED) is 0.484. The standard InChI is InChI=1S/C16H19BrN2O6/c1-9(2)18-16(23)19-13(20)8-25-14(21)5-4-10-6-11(17)15(22)12(7-10)24-3/h4-7,9,22H,8H2,1-3H3,(H2,18,19,20,23)/b5-4+. The van der Waals surface area contributed by atoms with Gasteiger partial charge < -0.3 is 19.9 Å². The molecule has 0 aliphatic carbocycles. The molecule has 1 aromatic rings. The van der Waals surface area contributed by atoms with Crippen molar-refractivity contribution in [1.82, 2.24) is 10.6 Å². The van der Waals surface area contributed by atoms with Crippen molar-refractivity contribution in [2.75, 3.05) is 13.7 Å². The van der Waals surface area contributed by atoms with E-state index in [1.165, 1.54) is 19.3 Å². The first-order chi connectivity index (χ1) is 11.7. The summed E-state index contributed by atoms with van der Waals surface area (Å²) in [5, 5.41) is 14.2. The van der Waals surface area contributed by atoms with Crippen molar-refractivity contribution in [2.24, 2.45) is 0 Å². The van der Waals surface area contributed by atoms with E-state index in [9.17, 15) is 19.5 Å². The second-order valence-electron chi connectivity index (χ2n) is 5.17. The van der Waals surface area contributed by atoms with Gasteiger partial charge in [-0.1, -0.05) is 0 Å². The van der Waals surface area contributed by atoms with Crippen molar-refractivity contribution in [1.29, 1.82) is 0 Å². The topological polar surface area (TPSA) is 114 Å². The van der Waals surface area contributed by atoms with Crippen LogP contribution < -0.4 is 15.4 Å². The first-order valence-corrected chi connectivity index (χ1v) is 8.04. The number of methoxy groups -OCH3 is 1. The van der Waals surface area contributed by atoms with Gasteiger partial charge >= 0.3 is 12.0 Å². The van der Waals surface area contributed by atoms with E-state index in [1.807, 2.05) is 5.32 Å². The molecule has 136 valence electrons. The second kappa shape index (κ2) is 9.67. The average molecular weight is 415 g/mol. The average Bonchev–Trinajstić information content (AvgIpc) is 2.52. The number of nitrogens with one attached hydrogen (secondary N) is 2. The molecule has 0 aliphatic heterocycles. The summed E-state index contributed by atoms with van der Waals surface area (Å²) in [6.45, 7) is 2.90. The van der Waals surface area contributed by atoms with Crippen molar-refractivity contribution in [3.05, 3.63) is 28.2 Å². The molecule has 0 unspecified atom stereocenters. The van der Waals surface area contributed by atoms with Crippen LogP contribution in [0.3, 0.4) is 0 Å². The van der Waals surface area contributed by atoms with Crippen molar-refractivity contribution < 1.29 is 29.0 Å². The van der Waals surface area contributed by atoms with E-state index in [0.717, 1.165) is 6.08 Å². The van der Waals surface area contributed by atoms with Crippen LogP contribution >= 0.6 is 15.9 Å². The number of hydrogen-bond donors (Lipinski definition) is 3. The summed E-state index contributed by atoms with van der Waals surface area (Å²) in [5.74, 6) is -1.33. The fraction of sp³-hybridized carbons (Fsp3) is 0.312. The predicted molar refractivity (Wildman–Crippen MR) is 94.2 cm³/mol. The minimum absolute atomic E-state index is 0.0569. The number of aromatic hydroxyl groups is 1. The number of hydrogen-bond acceptors (Lipinski definition) is 6. The number of imide groups is 1. The summed E-state index contributed by atoms with van der Waals surface area (Å²) in [7, 11) is 1.40. The molecule has 0 radical (unpaired) electrons. The van der Waals surface area contributed by atoms with Crippen LogP contribution in [0.2, 0.25) is 0 Å². The Morgan fingerprint density at radius 2 is 2.00 bits per heavy atom. The molecule has 0 atom stereocenters. The van der Waals surface area contributed by atoms with Crippen molar-refractivity contribution in [2.45, 2.75) is 19.9 Å². The molecule has 0 heterocycles. The van der Waals surface area contributed by atoms with E-state index in [0.29, 0.717) is 10.0 Å². The first-order valence-electron chi connectivity index (χ1n) is 7.24. The molecular formula is C16H19BrN2O6. The number of esters is 1. The number of carbonyl (C=O) groups excluding carboxylic acids is 3. The summed E-state index contributed by atoms with van der Waals surface area (Å²) in [5.41, 5.74) is 0.569. The number of ether oxygens (including phenoxy) is 2. The van der Waals surface area contributed by atoms with Crippen LogP contribution in [-0.4, -0.2) is 42.8 Å². The van der Waals surface area contributed by atoms with Crippen LogP contribution in [0.1, 0.15) is 19.4 Å². The number of benzene rings is 1. The van der Waals surface area contributed by atoms with E-state index in [4.69, 9.17) is 9.47 Å². The molecule has 0 bridgehead atoms.